The third-order valence-corrected chi connectivity index (χ3v) is 6.44. The standard InChI is InChI=1S/C21H33N13OS/c22-12-5-13(23)8-32(7-12)20-29-19(30-21(31-20)33-9-14(24)6-15(25)10-33)28-16-3-1-11(2-4-16)17(26)34(36)18(27)35/h1-4,12-15,26,36H,5-10,22-25H2,(H2,27,35)(H,28,29,30,31)/t12-,13+,14-,15+. The number of hydrogen-bond donors (Lipinski definition) is 8. The molecule has 0 spiro atoms. The van der Waals surface area contributed by atoms with E-state index in [1.807, 2.05) is 9.80 Å². The maximum absolute atomic E-state index is 11.3. The summed E-state index contributed by atoms with van der Waals surface area (Å²) in [5.41, 5.74) is 31.1. The number of amidine groups is 1. The summed E-state index contributed by atoms with van der Waals surface area (Å²) >= 11 is 3.93. The molecule has 2 saturated heterocycles. The molecule has 2 fully saturated rings. The number of carbonyl (C=O) groups is 1. The molecule has 0 bridgehead atoms. The lowest BCUT2D eigenvalue weighted by molar-refractivity contribution is 0.244. The number of aromatic nitrogens is 3. The average Bonchev–Trinajstić information content (AvgIpc) is 2.82. The van der Waals surface area contributed by atoms with E-state index in [1.165, 1.54) is 0 Å². The van der Waals surface area contributed by atoms with Crippen LogP contribution in [0.4, 0.5) is 28.3 Å². The van der Waals surface area contributed by atoms with Gasteiger partial charge in [0.25, 0.3) is 0 Å². The third-order valence-electron chi connectivity index (χ3n) is 6.04. The highest BCUT2D eigenvalue weighted by atomic mass is 32.1. The fourth-order valence-electron chi connectivity index (χ4n) is 4.45. The summed E-state index contributed by atoms with van der Waals surface area (Å²) in [4.78, 5) is 29.2. The largest absolute Gasteiger partial charge is 0.350 e. The van der Waals surface area contributed by atoms with E-state index in [2.05, 4.69) is 28.1 Å². The van der Waals surface area contributed by atoms with Gasteiger partial charge in [-0.15, -0.1) is 0 Å². The fraction of sp³-hybridized carbons (Fsp3) is 0.476. The lowest BCUT2D eigenvalue weighted by Crippen LogP contribution is -2.54. The minimum atomic E-state index is -0.843. The third kappa shape index (κ3) is 6.11. The van der Waals surface area contributed by atoms with Crippen LogP contribution in [0.1, 0.15) is 18.4 Å². The number of nitrogens with one attached hydrogen (secondary N) is 2. The summed E-state index contributed by atoms with van der Waals surface area (Å²) in [6.45, 7) is 2.30. The zero-order valence-electron chi connectivity index (χ0n) is 19.8. The van der Waals surface area contributed by atoms with Gasteiger partial charge in [-0.25, -0.2) is 9.10 Å². The molecule has 3 heterocycles. The van der Waals surface area contributed by atoms with Crippen LogP contribution in [0.25, 0.3) is 0 Å². The molecule has 15 heteroatoms. The van der Waals surface area contributed by atoms with Crippen LogP contribution in [0.3, 0.4) is 0 Å². The maximum Gasteiger partial charge on any atom is 0.330 e. The number of primary amides is 1. The second-order valence-electron chi connectivity index (χ2n) is 9.28. The van der Waals surface area contributed by atoms with Crippen LogP contribution in [0.2, 0.25) is 0 Å². The zero-order chi connectivity index (χ0) is 26.0. The number of rotatable bonds is 5. The summed E-state index contributed by atoms with van der Waals surface area (Å²) in [5.74, 6) is 1.11. The van der Waals surface area contributed by atoms with Gasteiger partial charge in [-0.1, -0.05) is 12.8 Å². The van der Waals surface area contributed by atoms with Gasteiger partial charge >= 0.3 is 6.03 Å². The van der Waals surface area contributed by atoms with Gasteiger partial charge in [0, 0.05) is 61.6 Å². The van der Waals surface area contributed by atoms with E-state index in [-0.39, 0.29) is 30.0 Å². The predicted octanol–water partition coefficient (Wildman–Crippen LogP) is -1.10. The first-order valence-corrected chi connectivity index (χ1v) is 12.0. The molecule has 2 amide bonds. The first-order valence-electron chi connectivity index (χ1n) is 11.6. The molecule has 4 rings (SSSR count). The molecule has 0 radical (unpaired) electrons. The molecule has 4 atom stereocenters. The van der Waals surface area contributed by atoms with Crippen molar-refractivity contribution >= 4 is 48.2 Å². The summed E-state index contributed by atoms with van der Waals surface area (Å²) < 4.78 is 0.759. The number of benzene rings is 1. The van der Waals surface area contributed by atoms with Crippen LogP contribution in [-0.4, -0.2) is 81.5 Å². The van der Waals surface area contributed by atoms with Gasteiger partial charge < -0.3 is 43.8 Å². The van der Waals surface area contributed by atoms with Gasteiger partial charge in [-0.3, -0.25) is 5.41 Å². The minimum Gasteiger partial charge on any atom is -0.350 e. The van der Waals surface area contributed by atoms with Crippen molar-refractivity contribution in [2.24, 2.45) is 28.7 Å². The van der Waals surface area contributed by atoms with Crippen molar-refractivity contribution in [3.63, 3.8) is 0 Å². The van der Waals surface area contributed by atoms with Crippen molar-refractivity contribution in [3.05, 3.63) is 29.8 Å². The number of piperidine rings is 2. The number of amides is 2. The summed E-state index contributed by atoms with van der Waals surface area (Å²) in [7, 11) is 0. The molecule has 2 aliphatic rings. The van der Waals surface area contributed by atoms with Crippen LogP contribution in [0, 0.1) is 5.41 Å². The molecule has 0 unspecified atom stereocenters. The van der Waals surface area contributed by atoms with Gasteiger partial charge in [-0.05, 0) is 37.1 Å². The molecular weight excluding hydrogens is 482 g/mol. The monoisotopic (exact) mass is 515 g/mol. The average molecular weight is 516 g/mol. The van der Waals surface area contributed by atoms with Crippen molar-refractivity contribution in [1.82, 2.24) is 19.3 Å². The molecular formula is C21H33N13OS. The van der Waals surface area contributed by atoms with Gasteiger partial charge in [0.1, 0.15) is 5.84 Å². The van der Waals surface area contributed by atoms with Crippen molar-refractivity contribution in [2.45, 2.75) is 37.0 Å². The molecule has 12 N–H and O–H groups in total. The van der Waals surface area contributed by atoms with E-state index in [0.29, 0.717) is 55.3 Å². The van der Waals surface area contributed by atoms with E-state index in [4.69, 9.17) is 39.1 Å². The molecule has 0 saturated carbocycles. The Kier molecular flexibility index (Phi) is 7.75. The van der Waals surface area contributed by atoms with E-state index < -0.39 is 6.03 Å². The number of nitrogens with zero attached hydrogens (tertiary/aromatic N) is 6. The first kappa shape index (κ1) is 25.8. The van der Waals surface area contributed by atoms with E-state index >= 15 is 0 Å². The summed E-state index contributed by atoms with van der Waals surface area (Å²) in [5, 5.41) is 11.2. The fourth-order valence-corrected chi connectivity index (χ4v) is 4.56. The topological polar surface area (TPSA) is 231 Å². The molecule has 1 aromatic carbocycles. The van der Waals surface area contributed by atoms with Crippen molar-refractivity contribution in [2.75, 3.05) is 41.3 Å². The molecule has 0 aliphatic carbocycles. The zero-order valence-corrected chi connectivity index (χ0v) is 20.7. The molecule has 1 aromatic heterocycles. The Bertz CT molecular complexity index is 1040. The number of nitrogens with two attached hydrogens (primary N) is 5. The van der Waals surface area contributed by atoms with Gasteiger partial charge in [-0.2, -0.15) is 15.0 Å². The highest BCUT2D eigenvalue weighted by Gasteiger charge is 2.28. The Morgan fingerprint density at radius 3 is 1.75 bits per heavy atom. The Labute approximate surface area is 214 Å². The van der Waals surface area contributed by atoms with Crippen molar-refractivity contribution in [3.8, 4) is 0 Å². The van der Waals surface area contributed by atoms with Gasteiger partial charge in [0.2, 0.25) is 17.8 Å². The second-order valence-corrected chi connectivity index (χ2v) is 9.68. The Morgan fingerprint density at radius 2 is 1.33 bits per heavy atom. The number of hydrogen-bond acceptors (Lipinski definition) is 13. The number of anilines is 4. The predicted molar refractivity (Wildman–Crippen MR) is 142 cm³/mol. The molecule has 14 nitrogen and oxygen atoms in total. The van der Waals surface area contributed by atoms with Crippen LogP contribution in [-0.2, 0) is 0 Å². The molecule has 2 aliphatic heterocycles. The van der Waals surface area contributed by atoms with Crippen molar-refractivity contribution < 1.29 is 4.79 Å². The second kappa shape index (κ2) is 10.8. The van der Waals surface area contributed by atoms with E-state index in [1.54, 1.807) is 24.3 Å². The van der Waals surface area contributed by atoms with Gasteiger partial charge in [0.15, 0.2) is 0 Å². The SMILES string of the molecule is N=C(c1ccc(Nc2nc(N3C[C@H](N)C[C@H](N)C3)nc(N3C[C@H](N)C[C@H](N)C3)n2)cc1)N(S)C(N)=O. The Balaban J connectivity index is 1.61. The highest BCUT2D eigenvalue weighted by Crippen LogP contribution is 2.24. The number of thiol groups is 1. The Morgan fingerprint density at radius 1 is 0.889 bits per heavy atom. The first-order chi connectivity index (χ1) is 17.1. The number of carbonyl (C=O) groups excluding carboxylic acids is 1. The summed E-state index contributed by atoms with van der Waals surface area (Å²) in [6.07, 6.45) is 1.46. The van der Waals surface area contributed by atoms with E-state index in [9.17, 15) is 4.79 Å². The quantitative estimate of drug-likeness (QED) is 0.135. The highest BCUT2D eigenvalue weighted by molar-refractivity contribution is 7.79. The Hall–Kier alpha value is -3.24. The smallest absolute Gasteiger partial charge is 0.330 e. The van der Waals surface area contributed by atoms with Gasteiger partial charge in [0.05, 0.1) is 0 Å². The molecule has 194 valence electrons. The van der Waals surface area contributed by atoms with E-state index in [0.717, 1.165) is 17.1 Å². The van der Waals surface area contributed by atoms with Crippen LogP contribution in [0.5, 0.6) is 0 Å². The van der Waals surface area contributed by atoms with Crippen molar-refractivity contribution in [1.29, 1.82) is 5.41 Å². The van der Waals surface area contributed by atoms with Crippen LogP contribution >= 0.6 is 12.8 Å². The normalized spacial score (nSPS) is 24.4. The lowest BCUT2D eigenvalue weighted by Gasteiger charge is -2.37. The minimum absolute atomic E-state index is 0.0862. The molecule has 36 heavy (non-hydrogen) atoms. The molecule has 2 aromatic rings. The lowest BCUT2D eigenvalue weighted by atomic mass is 10.0. The number of urea groups is 1. The summed E-state index contributed by atoms with van der Waals surface area (Å²) in [6, 6.07) is 5.59. The van der Waals surface area contributed by atoms with Crippen LogP contribution in [0.15, 0.2) is 24.3 Å². The maximum atomic E-state index is 11.3. The van der Waals surface area contributed by atoms with Crippen LogP contribution < -0.4 is 43.8 Å².